The van der Waals surface area contributed by atoms with E-state index in [0.717, 1.165) is 18.4 Å². The zero-order chi connectivity index (χ0) is 14.9. The minimum Gasteiger partial charge on any atom is -0.324 e. The van der Waals surface area contributed by atoms with Gasteiger partial charge in [0.2, 0.25) is 0 Å². The van der Waals surface area contributed by atoms with Gasteiger partial charge in [-0.2, -0.15) is 0 Å². The fourth-order valence-electron chi connectivity index (χ4n) is 2.89. The van der Waals surface area contributed by atoms with Crippen LogP contribution in [0.5, 0.6) is 0 Å². The van der Waals surface area contributed by atoms with E-state index in [1.807, 2.05) is 0 Å². The van der Waals surface area contributed by atoms with Gasteiger partial charge < -0.3 is 5.73 Å². The molecule has 1 aromatic carbocycles. The van der Waals surface area contributed by atoms with Crippen LogP contribution in [0.4, 0.5) is 4.39 Å². The highest BCUT2D eigenvalue weighted by Gasteiger charge is 2.32. The summed E-state index contributed by atoms with van der Waals surface area (Å²) >= 11 is 5.77. The molecule has 3 unspecified atom stereocenters. The van der Waals surface area contributed by atoms with E-state index in [4.69, 9.17) is 17.3 Å². The van der Waals surface area contributed by atoms with Crippen LogP contribution in [0.15, 0.2) is 18.2 Å². The number of halogens is 2. The van der Waals surface area contributed by atoms with Crippen LogP contribution in [0.3, 0.4) is 0 Å². The second-order valence-corrected chi connectivity index (χ2v) is 8.31. The predicted molar refractivity (Wildman–Crippen MR) is 78.9 cm³/mol. The van der Waals surface area contributed by atoms with Crippen molar-refractivity contribution in [2.75, 3.05) is 6.26 Å². The van der Waals surface area contributed by atoms with Gasteiger partial charge in [-0.3, -0.25) is 0 Å². The lowest BCUT2D eigenvalue weighted by Gasteiger charge is -2.32. The van der Waals surface area contributed by atoms with Crippen molar-refractivity contribution in [1.29, 1.82) is 0 Å². The van der Waals surface area contributed by atoms with Crippen LogP contribution >= 0.6 is 11.6 Å². The Kier molecular flexibility index (Phi) is 4.72. The molecule has 1 aliphatic carbocycles. The molecule has 0 amide bonds. The summed E-state index contributed by atoms with van der Waals surface area (Å²) in [5.41, 5.74) is 6.98. The maximum absolute atomic E-state index is 13.2. The average Bonchev–Trinajstić information content (AvgIpc) is 2.40. The third kappa shape index (κ3) is 3.51. The summed E-state index contributed by atoms with van der Waals surface area (Å²) in [5, 5.41) is -0.267. The molecule has 0 radical (unpaired) electrons. The lowest BCUT2D eigenvalue weighted by molar-refractivity contribution is 0.309. The molecule has 1 saturated carbocycles. The number of nitrogens with two attached hydrogens (primary N) is 1. The number of benzene rings is 1. The number of hydrogen-bond acceptors (Lipinski definition) is 3. The van der Waals surface area contributed by atoms with Crippen molar-refractivity contribution in [1.82, 2.24) is 0 Å². The second-order valence-electron chi connectivity index (χ2n) is 5.58. The number of hydrogen-bond donors (Lipinski definition) is 1. The van der Waals surface area contributed by atoms with Gasteiger partial charge in [-0.05, 0) is 42.9 Å². The van der Waals surface area contributed by atoms with Crippen LogP contribution in [0.2, 0.25) is 5.02 Å². The average molecular weight is 320 g/mol. The van der Waals surface area contributed by atoms with Gasteiger partial charge in [-0.1, -0.05) is 24.1 Å². The quantitative estimate of drug-likeness (QED) is 0.931. The molecule has 0 aliphatic heterocycles. The highest BCUT2D eigenvalue weighted by Crippen LogP contribution is 2.36. The van der Waals surface area contributed by atoms with E-state index >= 15 is 0 Å². The summed E-state index contributed by atoms with van der Waals surface area (Å²) < 4.78 is 36.5. The van der Waals surface area contributed by atoms with Crippen molar-refractivity contribution in [2.45, 2.75) is 37.0 Å². The normalized spacial score (nSPS) is 25.4. The summed E-state index contributed by atoms with van der Waals surface area (Å²) in [6.07, 6.45) is 4.29. The summed E-state index contributed by atoms with van der Waals surface area (Å²) in [6.45, 7) is 0. The Bertz CT molecular complexity index is 591. The summed E-state index contributed by atoms with van der Waals surface area (Å²) in [7, 11) is -3.03. The SMILES string of the molecule is CS(=O)(=O)C1CCCC(C(N)c2ccc(F)c(Cl)c2)C1. The molecule has 0 heterocycles. The summed E-state index contributed by atoms with van der Waals surface area (Å²) in [6, 6.07) is 4.15. The van der Waals surface area contributed by atoms with Crippen LogP contribution in [0.25, 0.3) is 0 Å². The fraction of sp³-hybridized carbons (Fsp3) is 0.571. The van der Waals surface area contributed by atoms with E-state index in [9.17, 15) is 12.8 Å². The Morgan fingerprint density at radius 1 is 1.40 bits per heavy atom. The third-order valence-corrected chi connectivity index (χ3v) is 6.04. The highest BCUT2D eigenvalue weighted by atomic mass is 35.5. The molecule has 0 saturated heterocycles. The molecule has 1 aromatic rings. The number of rotatable bonds is 3. The van der Waals surface area contributed by atoms with Crippen LogP contribution < -0.4 is 5.73 Å². The largest absolute Gasteiger partial charge is 0.324 e. The van der Waals surface area contributed by atoms with Gasteiger partial charge >= 0.3 is 0 Å². The minimum atomic E-state index is -3.03. The molecule has 112 valence electrons. The molecule has 0 aromatic heterocycles. The second kappa shape index (κ2) is 6.00. The van der Waals surface area contributed by atoms with E-state index in [1.54, 1.807) is 6.07 Å². The zero-order valence-corrected chi connectivity index (χ0v) is 12.9. The molecule has 6 heteroatoms. The van der Waals surface area contributed by atoms with Crippen molar-refractivity contribution in [3.8, 4) is 0 Å². The molecule has 2 N–H and O–H groups in total. The van der Waals surface area contributed by atoms with E-state index in [0.29, 0.717) is 12.8 Å². The molecule has 3 atom stereocenters. The lowest BCUT2D eigenvalue weighted by atomic mass is 9.81. The molecule has 20 heavy (non-hydrogen) atoms. The predicted octanol–water partition coefficient (Wildman–Crippen LogP) is 3.08. The monoisotopic (exact) mass is 319 g/mol. The first-order chi connectivity index (χ1) is 9.29. The Balaban J connectivity index is 2.16. The van der Waals surface area contributed by atoms with Gasteiger partial charge in [0.05, 0.1) is 10.3 Å². The molecule has 1 fully saturated rings. The maximum atomic E-state index is 13.2. The van der Waals surface area contributed by atoms with E-state index < -0.39 is 15.7 Å². The van der Waals surface area contributed by atoms with Crippen molar-refractivity contribution >= 4 is 21.4 Å². The molecule has 0 spiro atoms. The van der Waals surface area contributed by atoms with Gasteiger partial charge in [0, 0.05) is 12.3 Å². The molecular weight excluding hydrogens is 301 g/mol. The standard InChI is InChI=1S/C14H19ClFNO2S/c1-20(18,19)11-4-2-3-9(7-11)14(17)10-5-6-13(16)12(15)8-10/h5-6,8-9,11,14H,2-4,7,17H2,1H3. The van der Waals surface area contributed by atoms with Crippen molar-refractivity contribution < 1.29 is 12.8 Å². The topological polar surface area (TPSA) is 60.2 Å². The number of sulfone groups is 1. The molecule has 0 bridgehead atoms. The first kappa shape index (κ1) is 15.7. The molecule has 3 nitrogen and oxygen atoms in total. The van der Waals surface area contributed by atoms with Crippen LogP contribution in [-0.4, -0.2) is 19.9 Å². The Morgan fingerprint density at radius 2 is 2.10 bits per heavy atom. The van der Waals surface area contributed by atoms with Gasteiger partial charge in [-0.25, -0.2) is 12.8 Å². The van der Waals surface area contributed by atoms with E-state index in [2.05, 4.69) is 0 Å². The molecular formula is C14H19ClFNO2S. The Labute approximate surface area is 124 Å². The van der Waals surface area contributed by atoms with E-state index in [-0.39, 0.29) is 22.2 Å². The lowest BCUT2D eigenvalue weighted by Crippen LogP contribution is -2.33. The Morgan fingerprint density at radius 3 is 2.70 bits per heavy atom. The Hall–Kier alpha value is -0.650. The van der Waals surface area contributed by atoms with E-state index in [1.165, 1.54) is 18.4 Å². The zero-order valence-electron chi connectivity index (χ0n) is 11.4. The van der Waals surface area contributed by atoms with Crippen LogP contribution in [0, 0.1) is 11.7 Å². The first-order valence-electron chi connectivity index (χ1n) is 6.68. The minimum absolute atomic E-state index is 0.0495. The summed E-state index contributed by atoms with van der Waals surface area (Å²) in [4.78, 5) is 0. The molecule has 2 rings (SSSR count). The van der Waals surface area contributed by atoms with Crippen molar-refractivity contribution in [2.24, 2.45) is 11.7 Å². The van der Waals surface area contributed by atoms with Gasteiger partial charge in [0.25, 0.3) is 0 Å². The fourth-order valence-corrected chi connectivity index (χ4v) is 4.27. The van der Waals surface area contributed by atoms with Crippen LogP contribution in [-0.2, 0) is 9.84 Å². The highest BCUT2D eigenvalue weighted by molar-refractivity contribution is 7.91. The van der Waals surface area contributed by atoms with Gasteiger partial charge in [-0.15, -0.1) is 0 Å². The third-order valence-electron chi connectivity index (χ3n) is 4.11. The molecule has 1 aliphatic rings. The smallest absolute Gasteiger partial charge is 0.150 e. The van der Waals surface area contributed by atoms with Crippen molar-refractivity contribution in [3.63, 3.8) is 0 Å². The summed E-state index contributed by atoms with van der Waals surface area (Å²) in [5.74, 6) is -0.384. The van der Waals surface area contributed by atoms with Crippen molar-refractivity contribution in [3.05, 3.63) is 34.6 Å². The van der Waals surface area contributed by atoms with Crippen LogP contribution in [0.1, 0.15) is 37.3 Å². The maximum Gasteiger partial charge on any atom is 0.150 e. The van der Waals surface area contributed by atoms with Gasteiger partial charge in [0.15, 0.2) is 0 Å². The van der Waals surface area contributed by atoms with Gasteiger partial charge in [0.1, 0.15) is 15.7 Å². The first-order valence-corrected chi connectivity index (χ1v) is 9.01.